The van der Waals surface area contributed by atoms with E-state index in [-0.39, 0.29) is 53.9 Å². The maximum Gasteiger partial charge on any atom is 0.348 e. The summed E-state index contributed by atoms with van der Waals surface area (Å²) in [6.07, 6.45) is 3.78. The molecule has 0 bridgehead atoms. The second kappa shape index (κ2) is 18.0. The third kappa shape index (κ3) is 12.0. The number of phenols is 1. The standard InChI is InChI=1S/C42H54N8O8/c1-41(2,3)57-33(52)19-17-30(38(54)56-32(39(55)58-42(4,5)6)21-24-12-18-31(51)29(20-24)25-10-8-9-11-25)47-37(53)26-13-15-28(16-14-26)50(7)23-27-22-45-36-34(46-27)35(43)48-40(44)49-36/h12-16,18,20,22,25,30,32,51H,8-11,17,19,21,23H2,1-7H3,(H,47,53)(H4,43,44,45,48,49)/t30-,32-/m0/s1. The largest absolute Gasteiger partial charge is 0.508 e. The van der Waals surface area contributed by atoms with Gasteiger partial charge in [-0.25, -0.2) is 19.6 Å². The normalized spacial score (nSPS) is 14.4. The van der Waals surface area contributed by atoms with Crippen molar-refractivity contribution in [3.05, 3.63) is 71.0 Å². The molecule has 5 rings (SSSR count). The van der Waals surface area contributed by atoms with Crippen molar-refractivity contribution in [3.63, 3.8) is 0 Å². The minimum Gasteiger partial charge on any atom is -0.508 e. The number of carbonyl (C=O) groups excluding carboxylic acids is 4. The molecule has 310 valence electrons. The van der Waals surface area contributed by atoms with Gasteiger partial charge in [-0.2, -0.15) is 9.97 Å². The summed E-state index contributed by atoms with van der Waals surface area (Å²) in [5, 5.41) is 13.3. The Balaban J connectivity index is 1.33. The van der Waals surface area contributed by atoms with Crippen molar-refractivity contribution in [3.8, 4) is 5.75 Å². The molecule has 2 atom stereocenters. The summed E-state index contributed by atoms with van der Waals surface area (Å²) in [6, 6.07) is 10.4. The molecule has 58 heavy (non-hydrogen) atoms. The number of nitrogens with zero attached hydrogens (tertiary/aromatic N) is 5. The number of aromatic hydroxyl groups is 1. The number of nitrogens with two attached hydrogens (primary N) is 2. The Hall–Kier alpha value is -6.06. The number of hydrogen-bond acceptors (Lipinski definition) is 15. The molecular formula is C42H54N8O8. The van der Waals surface area contributed by atoms with Gasteiger partial charge in [-0.1, -0.05) is 25.0 Å². The number of fused-ring (bicyclic) bond motifs is 1. The highest BCUT2D eigenvalue weighted by Gasteiger charge is 2.34. The Morgan fingerprint density at radius 1 is 0.914 bits per heavy atom. The van der Waals surface area contributed by atoms with E-state index in [0.29, 0.717) is 23.3 Å². The summed E-state index contributed by atoms with van der Waals surface area (Å²) in [5.41, 5.74) is 13.6. The van der Waals surface area contributed by atoms with Gasteiger partial charge in [0.05, 0.1) is 18.4 Å². The summed E-state index contributed by atoms with van der Waals surface area (Å²) in [4.78, 5) is 72.7. The van der Waals surface area contributed by atoms with Gasteiger partial charge in [-0.3, -0.25) is 9.59 Å². The first kappa shape index (κ1) is 43.1. The van der Waals surface area contributed by atoms with Gasteiger partial charge in [-0.05, 0) is 108 Å². The lowest BCUT2D eigenvalue weighted by molar-refractivity contribution is -0.176. The summed E-state index contributed by atoms with van der Waals surface area (Å²) in [5.74, 6) is -2.39. The van der Waals surface area contributed by atoms with Crippen LogP contribution in [0, 0.1) is 0 Å². The predicted octanol–water partition coefficient (Wildman–Crippen LogP) is 5.30. The number of benzene rings is 2. The molecule has 0 radical (unpaired) electrons. The van der Waals surface area contributed by atoms with Crippen LogP contribution in [0.4, 0.5) is 17.5 Å². The fourth-order valence-electron chi connectivity index (χ4n) is 6.68. The number of anilines is 3. The van der Waals surface area contributed by atoms with Gasteiger partial charge >= 0.3 is 17.9 Å². The van der Waals surface area contributed by atoms with Crippen LogP contribution in [0.1, 0.15) is 113 Å². The van der Waals surface area contributed by atoms with Crippen LogP contribution in [0.25, 0.3) is 11.2 Å². The van der Waals surface area contributed by atoms with Crippen molar-refractivity contribution in [2.24, 2.45) is 0 Å². The molecule has 0 aliphatic heterocycles. The number of rotatable bonds is 14. The minimum atomic E-state index is -1.39. The zero-order chi connectivity index (χ0) is 42.4. The third-order valence-corrected chi connectivity index (χ3v) is 9.35. The van der Waals surface area contributed by atoms with E-state index in [2.05, 4.69) is 25.3 Å². The van der Waals surface area contributed by atoms with Crippen LogP contribution >= 0.6 is 0 Å². The number of esters is 3. The van der Waals surface area contributed by atoms with E-state index in [1.54, 1.807) is 84.1 Å². The van der Waals surface area contributed by atoms with Gasteiger partial charge in [0.15, 0.2) is 17.0 Å². The number of nitrogen functional groups attached to an aromatic ring is 2. The van der Waals surface area contributed by atoms with Gasteiger partial charge in [-0.15, -0.1) is 0 Å². The van der Waals surface area contributed by atoms with E-state index < -0.39 is 47.2 Å². The summed E-state index contributed by atoms with van der Waals surface area (Å²) >= 11 is 0. The van der Waals surface area contributed by atoms with E-state index in [1.807, 2.05) is 18.0 Å². The van der Waals surface area contributed by atoms with E-state index in [0.717, 1.165) is 36.9 Å². The first-order valence-corrected chi connectivity index (χ1v) is 19.4. The Bertz CT molecular complexity index is 2120. The van der Waals surface area contributed by atoms with Crippen LogP contribution in [-0.4, -0.2) is 79.3 Å². The second-order valence-electron chi connectivity index (χ2n) is 16.6. The van der Waals surface area contributed by atoms with Gasteiger partial charge in [0.1, 0.15) is 23.0 Å². The maximum atomic E-state index is 14.0. The van der Waals surface area contributed by atoms with Gasteiger partial charge in [0.25, 0.3) is 5.91 Å². The predicted molar refractivity (Wildman–Crippen MR) is 218 cm³/mol. The van der Waals surface area contributed by atoms with Crippen LogP contribution in [0.2, 0.25) is 0 Å². The van der Waals surface area contributed by atoms with Crippen molar-refractivity contribution in [2.75, 3.05) is 23.4 Å². The van der Waals surface area contributed by atoms with E-state index in [4.69, 9.17) is 25.7 Å². The van der Waals surface area contributed by atoms with Crippen molar-refractivity contribution >= 4 is 52.4 Å². The third-order valence-electron chi connectivity index (χ3n) is 9.35. The van der Waals surface area contributed by atoms with Crippen LogP contribution in [0.3, 0.4) is 0 Å². The van der Waals surface area contributed by atoms with Crippen molar-refractivity contribution < 1.29 is 38.5 Å². The number of carbonyl (C=O) groups is 4. The number of hydrogen-bond donors (Lipinski definition) is 4. The van der Waals surface area contributed by atoms with Crippen LogP contribution in [0.5, 0.6) is 5.75 Å². The molecule has 4 aromatic rings. The zero-order valence-electron chi connectivity index (χ0n) is 34.2. The molecule has 0 unspecified atom stereocenters. The molecule has 2 aromatic heterocycles. The van der Waals surface area contributed by atoms with Crippen LogP contribution in [0.15, 0.2) is 48.7 Å². The highest BCUT2D eigenvalue weighted by Crippen LogP contribution is 2.39. The molecule has 0 saturated heterocycles. The lowest BCUT2D eigenvalue weighted by atomic mass is 9.93. The molecule has 1 aliphatic carbocycles. The Morgan fingerprint density at radius 3 is 2.24 bits per heavy atom. The lowest BCUT2D eigenvalue weighted by Crippen LogP contribution is -2.45. The Labute approximate surface area is 338 Å². The molecular weight excluding hydrogens is 745 g/mol. The average Bonchev–Trinajstić information content (AvgIpc) is 3.67. The molecule has 1 fully saturated rings. The lowest BCUT2D eigenvalue weighted by Gasteiger charge is -2.26. The Kier molecular flexibility index (Phi) is 13.4. The highest BCUT2D eigenvalue weighted by atomic mass is 16.6. The number of aromatic nitrogens is 4. The minimum absolute atomic E-state index is 0.00258. The molecule has 16 heteroatoms. The maximum absolute atomic E-state index is 14.0. The van der Waals surface area contributed by atoms with Crippen molar-refractivity contribution in [1.29, 1.82) is 0 Å². The highest BCUT2D eigenvalue weighted by molar-refractivity contribution is 5.97. The smallest absolute Gasteiger partial charge is 0.348 e. The average molecular weight is 799 g/mol. The monoisotopic (exact) mass is 798 g/mol. The van der Waals surface area contributed by atoms with Crippen molar-refractivity contribution in [2.45, 2.75) is 122 Å². The molecule has 2 heterocycles. The number of ether oxygens (including phenoxy) is 3. The van der Waals surface area contributed by atoms with E-state index in [9.17, 15) is 24.3 Å². The molecule has 6 N–H and O–H groups in total. The van der Waals surface area contributed by atoms with Gasteiger partial charge in [0.2, 0.25) is 12.1 Å². The topological polar surface area (TPSA) is 235 Å². The SMILES string of the molecule is CN(Cc1cnc2nc(N)nc(N)c2n1)c1ccc(C(=O)N[C@@H](CCC(=O)OC(C)(C)C)C(=O)O[C@@H](Cc2ccc(O)c(C3CCCC3)c2)C(=O)OC(C)(C)C)cc1. The molecule has 1 aliphatic rings. The molecule has 16 nitrogen and oxygen atoms in total. The summed E-state index contributed by atoms with van der Waals surface area (Å²) in [7, 11) is 1.83. The first-order chi connectivity index (χ1) is 27.2. The quantitative estimate of drug-likeness (QED) is 0.0936. The number of amides is 1. The first-order valence-electron chi connectivity index (χ1n) is 19.4. The van der Waals surface area contributed by atoms with Gasteiger partial charge < -0.3 is 41.0 Å². The van der Waals surface area contributed by atoms with Crippen LogP contribution in [-0.2, 0) is 41.6 Å². The summed E-state index contributed by atoms with van der Waals surface area (Å²) in [6.45, 7) is 10.6. The fourth-order valence-corrected chi connectivity index (χ4v) is 6.68. The number of nitrogens with one attached hydrogen (secondary N) is 1. The summed E-state index contributed by atoms with van der Waals surface area (Å²) < 4.78 is 17.0. The molecule has 0 spiro atoms. The van der Waals surface area contributed by atoms with E-state index >= 15 is 0 Å². The molecule has 1 saturated carbocycles. The van der Waals surface area contributed by atoms with Crippen molar-refractivity contribution in [1.82, 2.24) is 25.3 Å². The zero-order valence-corrected chi connectivity index (χ0v) is 34.2. The molecule has 2 aromatic carbocycles. The van der Waals surface area contributed by atoms with Gasteiger partial charge in [0, 0.05) is 31.1 Å². The second-order valence-corrected chi connectivity index (χ2v) is 16.6. The van der Waals surface area contributed by atoms with E-state index in [1.165, 1.54) is 0 Å². The molecule has 1 amide bonds. The number of phenolic OH excluding ortho intramolecular Hbond substituents is 1. The van der Waals surface area contributed by atoms with Crippen LogP contribution < -0.4 is 21.7 Å². The fraction of sp³-hybridized carbons (Fsp3) is 0.476. The Morgan fingerprint density at radius 2 is 1.59 bits per heavy atom.